The molecule has 13 aromatic rings. The van der Waals surface area contributed by atoms with Gasteiger partial charge in [-0.3, -0.25) is 0 Å². The summed E-state index contributed by atoms with van der Waals surface area (Å²) in [6.07, 6.45) is 0. The van der Waals surface area contributed by atoms with Crippen molar-refractivity contribution in [3.63, 3.8) is 0 Å². The van der Waals surface area contributed by atoms with Crippen molar-refractivity contribution < 1.29 is 0 Å². The summed E-state index contributed by atoms with van der Waals surface area (Å²) < 4.78 is 4.92. The highest BCUT2D eigenvalue weighted by molar-refractivity contribution is 6.24. The average molecular weight is 813 g/mol. The molecule has 2 aromatic heterocycles. The Labute approximate surface area is 371 Å². The van der Waals surface area contributed by atoms with E-state index in [2.05, 4.69) is 252 Å². The van der Waals surface area contributed by atoms with Crippen molar-refractivity contribution >= 4 is 65.2 Å². The van der Waals surface area contributed by atoms with Crippen molar-refractivity contribution in [2.75, 3.05) is 0 Å². The van der Waals surface area contributed by atoms with Gasteiger partial charge in [-0.25, -0.2) is 0 Å². The first kappa shape index (κ1) is 36.2. The summed E-state index contributed by atoms with van der Waals surface area (Å²) in [6, 6.07) is 89.1. The van der Waals surface area contributed by atoms with E-state index in [0.717, 1.165) is 11.4 Å². The Bertz CT molecular complexity index is 3720. The number of hydrogen-bond acceptors (Lipinski definition) is 0. The zero-order valence-electron chi connectivity index (χ0n) is 35.0. The third kappa shape index (κ3) is 5.46. The Balaban J connectivity index is 1.19. The minimum atomic E-state index is 1.15. The molecule has 298 valence electrons. The predicted molar refractivity (Wildman–Crippen MR) is 272 cm³/mol. The van der Waals surface area contributed by atoms with Gasteiger partial charge in [0.1, 0.15) is 0 Å². The second-order valence-corrected chi connectivity index (χ2v) is 16.7. The predicted octanol–water partition coefficient (Wildman–Crippen LogP) is 16.9. The summed E-state index contributed by atoms with van der Waals surface area (Å²) in [5.41, 5.74) is 16.8. The number of aromatic nitrogens is 2. The number of fused-ring (bicyclic) bond motifs is 8. The topological polar surface area (TPSA) is 9.86 Å². The number of para-hydroxylation sites is 6. The molecule has 11 aromatic carbocycles. The van der Waals surface area contributed by atoms with Gasteiger partial charge in [0.2, 0.25) is 0 Å². The summed E-state index contributed by atoms with van der Waals surface area (Å²) in [5.74, 6) is 0. The van der Waals surface area contributed by atoms with Gasteiger partial charge in [-0.2, -0.15) is 0 Å². The lowest BCUT2D eigenvalue weighted by Crippen LogP contribution is -1.97. The second kappa shape index (κ2) is 14.6. The van der Waals surface area contributed by atoms with Crippen LogP contribution in [0.25, 0.3) is 121 Å². The smallest absolute Gasteiger partial charge is 0.0619 e. The molecule has 0 atom stereocenters. The molecular formula is C62H40N2. The molecule has 13 rings (SSSR count). The number of hydrogen-bond donors (Lipinski definition) is 0. The van der Waals surface area contributed by atoms with Crippen molar-refractivity contribution in [1.29, 1.82) is 0 Å². The highest BCUT2D eigenvalue weighted by atomic mass is 15.0. The maximum Gasteiger partial charge on any atom is 0.0619 e. The summed E-state index contributed by atoms with van der Waals surface area (Å²) in [5, 5.41) is 9.85. The van der Waals surface area contributed by atoms with Crippen LogP contribution in [-0.4, -0.2) is 9.13 Å². The average Bonchev–Trinajstić information content (AvgIpc) is 3.90. The molecule has 2 heterocycles. The van der Waals surface area contributed by atoms with Crippen LogP contribution in [0.2, 0.25) is 0 Å². The number of benzene rings is 11. The first-order valence-corrected chi connectivity index (χ1v) is 22.1. The van der Waals surface area contributed by atoms with Crippen LogP contribution >= 0.6 is 0 Å². The zero-order valence-corrected chi connectivity index (χ0v) is 35.0. The van der Waals surface area contributed by atoms with Gasteiger partial charge in [0.05, 0.1) is 22.1 Å². The van der Waals surface area contributed by atoms with E-state index in [1.807, 2.05) is 0 Å². The number of rotatable bonds is 6. The molecule has 2 heteroatoms. The van der Waals surface area contributed by atoms with E-state index in [1.165, 1.54) is 110 Å². The molecule has 64 heavy (non-hydrogen) atoms. The van der Waals surface area contributed by atoms with E-state index in [4.69, 9.17) is 0 Å². The van der Waals surface area contributed by atoms with Gasteiger partial charge in [-0.15, -0.1) is 0 Å². The van der Waals surface area contributed by atoms with Gasteiger partial charge >= 0.3 is 0 Å². The lowest BCUT2D eigenvalue weighted by molar-refractivity contribution is 1.18. The van der Waals surface area contributed by atoms with Crippen LogP contribution in [0.4, 0.5) is 0 Å². The van der Waals surface area contributed by atoms with Gasteiger partial charge in [0.15, 0.2) is 0 Å². The Hall–Kier alpha value is -8.46. The van der Waals surface area contributed by atoms with Crippen molar-refractivity contribution in [2.45, 2.75) is 0 Å². The SMILES string of the molecule is c1ccc(-c2ccccc2-c2c3cccc(-c4cccc5c6ccccc6n(-c6ccccc6)c45)c3cc3c(-c4cccc5c6ccccc6n(-c6ccccc6)c45)cccc23)cc1. The number of nitrogens with zero attached hydrogens (tertiary/aromatic N) is 2. The molecule has 0 aliphatic heterocycles. The third-order valence-corrected chi connectivity index (χ3v) is 13.3. The molecule has 0 unspecified atom stereocenters. The maximum absolute atomic E-state index is 2.49. The third-order valence-electron chi connectivity index (χ3n) is 13.3. The largest absolute Gasteiger partial charge is 0.309 e. The lowest BCUT2D eigenvalue weighted by Gasteiger charge is -2.20. The summed E-state index contributed by atoms with van der Waals surface area (Å²) in [7, 11) is 0. The normalized spacial score (nSPS) is 11.8. The van der Waals surface area contributed by atoms with Gasteiger partial charge in [-0.05, 0) is 97.4 Å². The minimum Gasteiger partial charge on any atom is -0.309 e. The van der Waals surface area contributed by atoms with Crippen molar-refractivity contribution in [3.05, 3.63) is 243 Å². The molecule has 0 saturated heterocycles. The molecule has 0 radical (unpaired) electrons. The van der Waals surface area contributed by atoms with Crippen LogP contribution in [0, 0.1) is 0 Å². The highest BCUT2D eigenvalue weighted by Crippen LogP contribution is 2.48. The monoisotopic (exact) mass is 812 g/mol. The van der Waals surface area contributed by atoms with E-state index in [0.29, 0.717) is 0 Å². The molecule has 0 N–H and O–H groups in total. The summed E-state index contributed by atoms with van der Waals surface area (Å²) in [4.78, 5) is 0. The first-order chi connectivity index (χ1) is 31.8. The van der Waals surface area contributed by atoms with Crippen LogP contribution in [0.1, 0.15) is 0 Å². The molecule has 0 amide bonds. The molecule has 0 bridgehead atoms. The highest BCUT2D eigenvalue weighted by Gasteiger charge is 2.23. The van der Waals surface area contributed by atoms with Gasteiger partial charge in [0, 0.05) is 44.0 Å². The van der Waals surface area contributed by atoms with Crippen LogP contribution in [0.15, 0.2) is 243 Å². The maximum atomic E-state index is 2.49. The molecular weight excluding hydrogens is 773 g/mol. The fraction of sp³-hybridized carbons (Fsp3) is 0. The van der Waals surface area contributed by atoms with E-state index < -0.39 is 0 Å². The molecule has 0 saturated carbocycles. The zero-order chi connectivity index (χ0) is 42.1. The van der Waals surface area contributed by atoms with Crippen molar-refractivity contribution in [1.82, 2.24) is 9.13 Å². The molecule has 0 fully saturated rings. The Morgan fingerprint density at radius 2 is 0.578 bits per heavy atom. The first-order valence-electron chi connectivity index (χ1n) is 22.1. The second-order valence-electron chi connectivity index (χ2n) is 16.7. The van der Waals surface area contributed by atoms with Crippen LogP contribution in [-0.2, 0) is 0 Å². The van der Waals surface area contributed by atoms with E-state index in [9.17, 15) is 0 Å². The van der Waals surface area contributed by atoms with Crippen LogP contribution < -0.4 is 0 Å². The lowest BCUT2D eigenvalue weighted by atomic mass is 9.84. The van der Waals surface area contributed by atoms with E-state index in [-0.39, 0.29) is 0 Å². The summed E-state index contributed by atoms with van der Waals surface area (Å²) in [6.45, 7) is 0. The molecule has 0 aliphatic rings. The Kier molecular flexibility index (Phi) is 8.25. The van der Waals surface area contributed by atoms with Gasteiger partial charge in [0.25, 0.3) is 0 Å². The van der Waals surface area contributed by atoms with E-state index >= 15 is 0 Å². The molecule has 0 spiro atoms. The van der Waals surface area contributed by atoms with Crippen LogP contribution in [0.5, 0.6) is 0 Å². The van der Waals surface area contributed by atoms with Crippen molar-refractivity contribution in [2.24, 2.45) is 0 Å². The van der Waals surface area contributed by atoms with Gasteiger partial charge in [-0.1, -0.05) is 200 Å². The Morgan fingerprint density at radius 3 is 1.08 bits per heavy atom. The quantitative estimate of drug-likeness (QED) is 0.148. The standard InChI is InChI=1S/C62H40N2/c1-4-20-41(21-5-1)44-26-10-11-29-49(44)60-50-32-16-30-45(52-34-18-36-54-47-27-12-14-38-58(47)63(61(52)54)42-22-6-2-7-23-42)56(50)40-57-46(31-17-33-51(57)60)53-35-19-37-55-48-28-13-15-39-59(48)64(62(53)55)43-24-8-3-9-25-43/h1-40H. The molecule has 2 nitrogen and oxygen atoms in total. The Morgan fingerprint density at radius 1 is 0.219 bits per heavy atom. The summed E-state index contributed by atoms with van der Waals surface area (Å²) >= 11 is 0. The fourth-order valence-electron chi connectivity index (χ4n) is 10.7. The van der Waals surface area contributed by atoms with Crippen LogP contribution in [0.3, 0.4) is 0 Å². The molecule has 0 aliphatic carbocycles. The van der Waals surface area contributed by atoms with Gasteiger partial charge < -0.3 is 9.13 Å². The van der Waals surface area contributed by atoms with Crippen molar-refractivity contribution in [3.8, 4) is 55.9 Å². The van der Waals surface area contributed by atoms with E-state index in [1.54, 1.807) is 0 Å². The fourth-order valence-corrected chi connectivity index (χ4v) is 10.7. The minimum absolute atomic E-state index is 1.15.